The zero-order valence-electron chi connectivity index (χ0n) is 19.7. The molecular weight excluding hydrogens is 573 g/mol. The third kappa shape index (κ3) is 6.28. The predicted molar refractivity (Wildman–Crippen MR) is 130 cm³/mol. The number of halogens is 8. The van der Waals surface area contributed by atoms with Gasteiger partial charge in [-0.3, -0.25) is 9.59 Å². The quantitative estimate of drug-likeness (QED) is 0.262. The standard InChI is InChI=1S/C25H16ClF7N4O3/c26-17-2-1-12(27)6-15(17)21-20-16(23(39)37-21)7-14(35-24(40)34-9-19(29)30)8-18(20)36-22(38)10-3-11(25(31,32)33)5-13(28)4-10/h1-8,19,21H,9H2,(H,36,38)(H,37,39)(H2,34,35,40). The molecule has 1 aliphatic rings. The van der Waals surface area contributed by atoms with Crippen molar-refractivity contribution in [3.8, 4) is 0 Å². The molecule has 0 fully saturated rings. The normalized spacial score (nSPS) is 14.5. The fourth-order valence-corrected chi connectivity index (χ4v) is 4.23. The second-order valence-electron chi connectivity index (χ2n) is 8.46. The first-order chi connectivity index (χ1) is 18.7. The summed E-state index contributed by atoms with van der Waals surface area (Å²) in [6, 6.07) is 4.40. The molecule has 0 spiro atoms. The van der Waals surface area contributed by atoms with Gasteiger partial charge in [-0.1, -0.05) is 11.6 Å². The first-order valence-corrected chi connectivity index (χ1v) is 11.6. The van der Waals surface area contributed by atoms with Gasteiger partial charge in [-0.2, -0.15) is 13.2 Å². The zero-order chi connectivity index (χ0) is 29.4. The summed E-state index contributed by atoms with van der Waals surface area (Å²) in [6.07, 6.45) is -7.83. The van der Waals surface area contributed by atoms with Crippen molar-refractivity contribution in [2.24, 2.45) is 0 Å². The van der Waals surface area contributed by atoms with Crippen LogP contribution >= 0.6 is 11.6 Å². The second-order valence-corrected chi connectivity index (χ2v) is 8.87. The molecule has 1 heterocycles. The van der Waals surface area contributed by atoms with E-state index in [0.717, 1.165) is 24.3 Å². The summed E-state index contributed by atoms with van der Waals surface area (Å²) in [5.41, 5.74) is -2.71. The van der Waals surface area contributed by atoms with E-state index in [1.807, 2.05) is 5.32 Å². The van der Waals surface area contributed by atoms with Gasteiger partial charge in [-0.25, -0.2) is 22.4 Å². The van der Waals surface area contributed by atoms with E-state index in [1.54, 1.807) is 0 Å². The minimum absolute atomic E-state index is 0.00293. The van der Waals surface area contributed by atoms with E-state index in [2.05, 4.69) is 16.0 Å². The van der Waals surface area contributed by atoms with Crippen molar-refractivity contribution in [2.75, 3.05) is 17.2 Å². The molecule has 3 aromatic carbocycles. The number of carbonyl (C=O) groups is 3. The fourth-order valence-electron chi connectivity index (χ4n) is 4.00. The van der Waals surface area contributed by atoms with E-state index < -0.39 is 65.8 Å². The summed E-state index contributed by atoms with van der Waals surface area (Å²) in [7, 11) is 0. The van der Waals surface area contributed by atoms with E-state index in [9.17, 15) is 45.1 Å². The molecule has 0 saturated carbocycles. The van der Waals surface area contributed by atoms with E-state index in [-0.39, 0.29) is 39.2 Å². The van der Waals surface area contributed by atoms with Gasteiger partial charge in [-0.05, 0) is 48.5 Å². The predicted octanol–water partition coefficient (Wildman–Crippen LogP) is 6.11. The fraction of sp³-hybridized carbons (Fsp3) is 0.160. The van der Waals surface area contributed by atoms with Gasteiger partial charge in [-0.15, -0.1) is 0 Å². The molecule has 1 unspecified atom stereocenters. The van der Waals surface area contributed by atoms with Crippen LogP contribution in [0.1, 0.15) is 43.4 Å². The van der Waals surface area contributed by atoms with Gasteiger partial charge < -0.3 is 21.3 Å². The minimum Gasteiger partial charge on any atom is -0.341 e. The smallest absolute Gasteiger partial charge is 0.341 e. The Morgan fingerprint density at radius 2 is 1.70 bits per heavy atom. The monoisotopic (exact) mass is 588 g/mol. The third-order valence-corrected chi connectivity index (χ3v) is 6.01. The molecule has 0 aliphatic carbocycles. The van der Waals surface area contributed by atoms with Crippen LogP contribution in [0, 0.1) is 11.6 Å². The van der Waals surface area contributed by atoms with Gasteiger partial charge in [0.2, 0.25) is 0 Å². The average Bonchev–Trinajstić information content (AvgIpc) is 3.19. The number of carbonyl (C=O) groups excluding carboxylic acids is 3. The lowest BCUT2D eigenvalue weighted by molar-refractivity contribution is -0.137. The van der Waals surface area contributed by atoms with Gasteiger partial charge in [0.05, 0.1) is 18.2 Å². The van der Waals surface area contributed by atoms with Crippen molar-refractivity contribution in [3.63, 3.8) is 0 Å². The second kappa shape index (κ2) is 11.0. The molecule has 4 rings (SSSR count). The molecule has 0 saturated heterocycles. The summed E-state index contributed by atoms with van der Waals surface area (Å²) in [4.78, 5) is 37.9. The van der Waals surface area contributed by atoms with Gasteiger partial charge in [0.25, 0.3) is 18.2 Å². The van der Waals surface area contributed by atoms with Crippen LogP contribution in [0.25, 0.3) is 0 Å². The summed E-state index contributed by atoms with van der Waals surface area (Å²) < 4.78 is 92.4. The van der Waals surface area contributed by atoms with Crippen LogP contribution in [0.15, 0.2) is 48.5 Å². The van der Waals surface area contributed by atoms with E-state index >= 15 is 0 Å². The molecular formula is C25H16ClF7N4O3. The highest BCUT2D eigenvalue weighted by molar-refractivity contribution is 6.31. The van der Waals surface area contributed by atoms with Crippen molar-refractivity contribution in [1.82, 2.24) is 10.6 Å². The molecule has 4 N–H and O–H groups in total. The molecule has 15 heteroatoms. The number of amides is 4. The summed E-state index contributed by atoms with van der Waals surface area (Å²) in [6.45, 7) is -0.998. The number of alkyl halides is 5. The van der Waals surface area contributed by atoms with Crippen LogP contribution in [0.4, 0.5) is 46.9 Å². The summed E-state index contributed by atoms with van der Waals surface area (Å²) >= 11 is 6.20. The topological polar surface area (TPSA) is 99.3 Å². The van der Waals surface area contributed by atoms with Gasteiger partial charge in [0, 0.05) is 38.7 Å². The number of nitrogens with one attached hydrogen (secondary N) is 4. The third-order valence-electron chi connectivity index (χ3n) is 5.67. The molecule has 1 aliphatic heterocycles. The highest BCUT2D eigenvalue weighted by atomic mass is 35.5. The Morgan fingerprint density at radius 3 is 2.38 bits per heavy atom. The number of anilines is 2. The van der Waals surface area contributed by atoms with Crippen molar-refractivity contribution in [1.29, 1.82) is 0 Å². The number of urea groups is 1. The highest BCUT2D eigenvalue weighted by Crippen LogP contribution is 2.41. The Morgan fingerprint density at radius 1 is 0.975 bits per heavy atom. The number of fused-ring (bicyclic) bond motifs is 1. The molecule has 210 valence electrons. The van der Waals surface area contributed by atoms with E-state index in [4.69, 9.17) is 11.6 Å². The van der Waals surface area contributed by atoms with Crippen molar-refractivity contribution in [2.45, 2.75) is 18.6 Å². The lowest BCUT2D eigenvalue weighted by Crippen LogP contribution is -2.32. The molecule has 7 nitrogen and oxygen atoms in total. The largest absolute Gasteiger partial charge is 0.416 e. The van der Waals surface area contributed by atoms with Crippen molar-refractivity contribution < 1.29 is 45.1 Å². The van der Waals surface area contributed by atoms with E-state index in [1.165, 1.54) is 6.07 Å². The first kappa shape index (κ1) is 28.7. The van der Waals surface area contributed by atoms with Crippen LogP contribution in [-0.4, -0.2) is 30.8 Å². The Balaban J connectivity index is 1.79. The average molecular weight is 589 g/mol. The maximum Gasteiger partial charge on any atom is 0.416 e. The summed E-state index contributed by atoms with van der Waals surface area (Å²) in [5.74, 6) is -4.06. The van der Waals surface area contributed by atoms with Gasteiger partial charge in [0.1, 0.15) is 11.6 Å². The SMILES string of the molecule is O=C(NCC(F)F)Nc1cc(NC(=O)c2cc(F)cc(C(F)(F)F)c2)c2c(c1)C(=O)NC2c1cc(F)ccc1Cl. The van der Waals surface area contributed by atoms with Gasteiger partial charge >= 0.3 is 12.2 Å². The lowest BCUT2D eigenvalue weighted by Gasteiger charge is -2.19. The number of hydrogen-bond acceptors (Lipinski definition) is 3. The highest BCUT2D eigenvalue weighted by Gasteiger charge is 2.36. The number of rotatable bonds is 6. The zero-order valence-corrected chi connectivity index (χ0v) is 20.5. The Bertz CT molecular complexity index is 1510. The molecule has 40 heavy (non-hydrogen) atoms. The van der Waals surface area contributed by atoms with Crippen molar-refractivity contribution >= 4 is 40.8 Å². The summed E-state index contributed by atoms with van der Waals surface area (Å²) in [5, 5.41) is 8.93. The van der Waals surface area contributed by atoms with E-state index in [0.29, 0.717) is 12.1 Å². The molecule has 4 amide bonds. The van der Waals surface area contributed by atoms with Crippen molar-refractivity contribution in [3.05, 3.63) is 93.0 Å². The van der Waals surface area contributed by atoms with Crippen LogP contribution in [-0.2, 0) is 6.18 Å². The number of hydrogen-bond donors (Lipinski definition) is 4. The minimum atomic E-state index is -4.97. The molecule has 0 aromatic heterocycles. The number of benzene rings is 3. The van der Waals surface area contributed by atoms with Gasteiger partial charge in [0.15, 0.2) is 0 Å². The van der Waals surface area contributed by atoms with Crippen LogP contribution in [0.2, 0.25) is 5.02 Å². The maximum atomic E-state index is 14.0. The maximum absolute atomic E-state index is 14.0. The molecule has 0 radical (unpaired) electrons. The Labute approximate surface area is 225 Å². The Kier molecular flexibility index (Phi) is 7.91. The van der Waals surface area contributed by atoms with Crippen LogP contribution in [0.5, 0.6) is 0 Å². The molecule has 1 atom stereocenters. The lowest BCUT2D eigenvalue weighted by atomic mass is 9.95. The Hall–Kier alpha value is -4.33. The van der Waals surface area contributed by atoms with Crippen LogP contribution < -0.4 is 21.3 Å². The first-order valence-electron chi connectivity index (χ1n) is 11.2. The molecule has 3 aromatic rings. The molecule has 0 bridgehead atoms. The van der Waals surface area contributed by atoms with Crippen LogP contribution in [0.3, 0.4) is 0 Å².